The highest BCUT2D eigenvalue weighted by Crippen LogP contribution is 2.29. The van der Waals surface area contributed by atoms with E-state index in [4.69, 9.17) is 10.00 Å². The average Bonchev–Trinajstić information content (AvgIpc) is 2.28. The predicted octanol–water partition coefficient (Wildman–Crippen LogP) is 2.88. The summed E-state index contributed by atoms with van der Waals surface area (Å²) in [5, 5.41) is 11.6. The van der Waals surface area contributed by atoms with Gasteiger partial charge < -0.3 is 4.74 Å². The fourth-order valence-electron chi connectivity index (χ4n) is 1.01. The molecule has 16 heavy (non-hydrogen) atoms. The van der Waals surface area contributed by atoms with Crippen molar-refractivity contribution in [2.75, 3.05) is 13.4 Å². The van der Waals surface area contributed by atoms with Crippen molar-refractivity contribution in [2.24, 2.45) is 4.99 Å². The Labute approximate surface area is 107 Å². The van der Waals surface area contributed by atoms with Crippen LogP contribution in [0.1, 0.15) is 0 Å². The third-order valence-electron chi connectivity index (χ3n) is 1.72. The third kappa shape index (κ3) is 3.43. The molecule has 0 aliphatic rings. The van der Waals surface area contributed by atoms with Crippen molar-refractivity contribution in [3.05, 3.63) is 22.7 Å². The average molecular weight is 300 g/mol. The van der Waals surface area contributed by atoms with Crippen molar-refractivity contribution in [3.8, 4) is 11.9 Å². The second-order valence-corrected chi connectivity index (χ2v) is 4.33. The van der Waals surface area contributed by atoms with Crippen molar-refractivity contribution in [3.63, 3.8) is 0 Å². The molecule has 1 aromatic carbocycles. The Kier molecular flexibility index (Phi) is 5.15. The molecular weight excluding hydrogens is 290 g/mol. The Bertz CT molecular complexity index is 442. The molecule has 0 unspecified atom stereocenters. The maximum Gasteiger partial charge on any atom is 0.183 e. The zero-order chi connectivity index (χ0) is 12.0. The lowest BCUT2D eigenvalue weighted by molar-refractivity contribution is 0.412. The molecule has 0 atom stereocenters. The zero-order valence-corrected chi connectivity index (χ0v) is 11.2. The van der Waals surface area contributed by atoms with Gasteiger partial charge in [-0.05, 0) is 40.4 Å². The summed E-state index contributed by atoms with van der Waals surface area (Å²) in [5.74, 6) is 0.748. The summed E-state index contributed by atoms with van der Waals surface area (Å²) in [5.41, 5.74) is 0.750. The number of hydrogen-bond acceptors (Lipinski definition) is 4. The van der Waals surface area contributed by atoms with Crippen LogP contribution in [0.25, 0.3) is 0 Å². The van der Waals surface area contributed by atoms with Gasteiger partial charge in [0, 0.05) is 0 Å². The van der Waals surface area contributed by atoms with Gasteiger partial charge in [-0.15, -0.1) is 0 Å². The van der Waals surface area contributed by atoms with Gasteiger partial charge in [0.2, 0.25) is 0 Å². The molecular formula is C10H10BrN3OS. The number of rotatable bonds is 2. The quantitative estimate of drug-likeness (QED) is 0.395. The van der Waals surface area contributed by atoms with Crippen molar-refractivity contribution in [2.45, 2.75) is 0 Å². The van der Waals surface area contributed by atoms with Crippen LogP contribution in [0.5, 0.6) is 5.75 Å². The fourth-order valence-corrected chi connectivity index (χ4v) is 1.89. The van der Waals surface area contributed by atoms with Gasteiger partial charge >= 0.3 is 0 Å². The van der Waals surface area contributed by atoms with Crippen LogP contribution < -0.4 is 10.1 Å². The van der Waals surface area contributed by atoms with Crippen LogP contribution in [0.4, 0.5) is 5.69 Å². The summed E-state index contributed by atoms with van der Waals surface area (Å²) in [7, 11) is 1.60. The summed E-state index contributed by atoms with van der Waals surface area (Å²) < 4.78 is 5.94. The number of nitrogens with one attached hydrogen (secondary N) is 1. The highest BCUT2D eigenvalue weighted by Gasteiger charge is 2.01. The summed E-state index contributed by atoms with van der Waals surface area (Å²) in [6, 6.07) is 5.46. The first-order valence-electron chi connectivity index (χ1n) is 4.32. The summed E-state index contributed by atoms with van der Waals surface area (Å²) in [6.07, 6.45) is 3.69. The molecule has 0 bridgehead atoms. The first kappa shape index (κ1) is 12.9. The SMILES string of the molecule is COc1ccc(N=C(NC#N)SC)cc1Br. The monoisotopic (exact) mass is 299 g/mol. The van der Waals surface area contributed by atoms with E-state index in [0.717, 1.165) is 15.9 Å². The van der Waals surface area contributed by atoms with E-state index in [-0.39, 0.29) is 0 Å². The zero-order valence-electron chi connectivity index (χ0n) is 8.82. The second-order valence-electron chi connectivity index (χ2n) is 2.68. The number of methoxy groups -OCH3 is 1. The molecule has 0 fully saturated rings. The largest absolute Gasteiger partial charge is 0.496 e. The van der Waals surface area contributed by atoms with Crippen LogP contribution in [0.3, 0.4) is 0 Å². The van der Waals surface area contributed by atoms with E-state index in [1.165, 1.54) is 11.8 Å². The van der Waals surface area contributed by atoms with Gasteiger partial charge in [0.15, 0.2) is 11.4 Å². The smallest absolute Gasteiger partial charge is 0.183 e. The van der Waals surface area contributed by atoms with Crippen LogP contribution in [0, 0.1) is 11.5 Å². The van der Waals surface area contributed by atoms with Gasteiger partial charge in [-0.2, -0.15) is 5.26 Å². The molecule has 0 saturated carbocycles. The molecule has 0 aliphatic carbocycles. The number of amidine groups is 1. The van der Waals surface area contributed by atoms with Crippen LogP contribution in [-0.2, 0) is 0 Å². The van der Waals surface area contributed by atoms with E-state index in [1.54, 1.807) is 7.11 Å². The number of thioether (sulfide) groups is 1. The maximum absolute atomic E-state index is 8.50. The summed E-state index contributed by atoms with van der Waals surface area (Å²) >= 11 is 4.75. The van der Waals surface area contributed by atoms with E-state index >= 15 is 0 Å². The lowest BCUT2D eigenvalue weighted by Crippen LogP contribution is -2.12. The molecule has 1 aromatic rings. The molecule has 84 valence electrons. The van der Waals surface area contributed by atoms with Gasteiger partial charge in [0.1, 0.15) is 5.75 Å². The van der Waals surface area contributed by atoms with E-state index in [9.17, 15) is 0 Å². The number of hydrogen-bond donors (Lipinski definition) is 1. The molecule has 0 radical (unpaired) electrons. The molecule has 1 rings (SSSR count). The number of aliphatic imine (C=N–C) groups is 1. The van der Waals surface area contributed by atoms with Gasteiger partial charge in [-0.3, -0.25) is 5.32 Å². The number of ether oxygens (including phenoxy) is 1. The third-order valence-corrected chi connectivity index (χ3v) is 2.92. The Morgan fingerprint density at radius 1 is 1.62 bits per heavy atom. The first-order chi connectivity index (χ1) is 7.71. The van der Waals surface area contributed by atoms with E-state index in [1.807, 2.05) is 30.6 Å². The Morgan fingerprint density at radius 3 is 2.88 bits per heavy atom. The molecule has 0 aliphatic heterocycles. The topological polar surface area (TPSA) is 57.4 Å². The predicted molar refractivity (Wildman–Crippen MR) is 70.1 cm³/mol. The highest BCUT2D eigenvalue weighted by molar-refractivity contribution is 9.10. The molecule has 0 spiro atoms. The Morgan fingerprint density at radius 2 is 2.38 bits per heavy atom. The minimum Gasteiger partial charge on any atom is -0.496 e. The van der Waals surface area contributed by atoms with Crippen molar-refractivity contribution >= 4 is 38.5 Å². The summed E-state index contributed by atoms with van der Waals surface area (Å²) in [6.45, 7) is 0. The number of nitriles is 1. The molecule has 0 aromatic heterocycles. The van der Waals surface area contributed by atoms with Crippen LogP contribution in [0.2, 0.25) is 0 Å². The van der Waals surface area contributed by atoms with Crippen molar-refractivity contribution in [1.82, 2.24) is 5.32 Å². The second kappa shape index (κ2) is 6.40. The molecule has 0 heterocycles. The highest BCUT2D eigenvalue weighted by atomic mass is 79.9. The Hall–Kier alpha value is -1.19. The van der Waals surface area contributed by atoms with Gasteiger partial charge in [-0.25, -0.2) is 4.99 Å². The van der Waals surface area contributed by atoms with Gasteiger partial charge in [-0.1, -0.05) is 11.8 Å². The van der Waals surface area contributed by atoms with E-state index in [2.05, 4.69) is 26.2 Å². The number of nitrogens with zero attached hydrogens (tertiary/aromatic N) is 2. The van der Waals surface area contributed by atoms with Crippen LogP contribution >= 0.6 is 27.7 Å². The molecule has 1 N–H and O–H groups in total. The van der Waals surface area contributed by atoms with Crippen LogP contribution in [-0.4, -0.2) is 18.5 Å². The Balaban J connectivity index is 2.97. The lowest BCUT2D eigenvalue weighted by atomic mass is 10.3. The number of halogens is 1. The van der Waals surface area contributed by atoms with Gasteiger partial charge in [0.25, 0.3) is 0 Å². The first-order valence-corrected chi connectivity index (χ1v) is 6.34. The molecule has 6 heteroatoms. The number of benzene rings is 1. The van der Waals surface area contributed by atoms with E-state index < -0.39 is 0 Å². The minimum atomic E-state index is 0.555. The van der Waals surface area contributed by atoms with Crippen molar-refractivity contribution in [1.29, 1.82) is 5.26 Å². The van der Waals surface area contributed by atoms with E-state index in [0.29, 0.717) is 5.17 Å². The summed E-state index contributed by atoms with van der Waals surface area (Å²) in [4.78, 5) is 4.26. The fraction of sp³-hybridized carbons (Fsp3) is 0.200. The van der Waals surface area contributed by atoms with Crippen LogP contribution in [0.15, 0.2) is 27.7 Å². The standard InChI is InChI=1S/C10H10BrN3OS/c1-15-9-4-3-7(5-8(9)11)14-10(16-2)13-6-12/h3-5H,1-2H3,(H,13,14). The minimum absolute atomic E-state index is 0.555. The normalized spacial score (nSPS) is 10.8. The maximum atomic E-state index is 8.50. The lowest BCUT2D eigenvalue weighted by Gasteiger charge is -2.04. The van der Waals surface area contributed by atoms with Crippen molar-refractivity contribution < 1.29 is 4.74 Å². The molecule has 0 saturated heterocycles. The van der Waals surface area contributed by atoms with Gasteiger partial charge in [0.05, 0.1) is 17.3 Å². The molecule has 4 nitrogen and oxygen atoms in total. The molecule has 0 amide bonds.